The monoisotopic (exact) mass is 1110 g/mol. The van der Waals surface area contributed by atoms with Crippen LogP contribution >= 0.6 is 11.3 Å². The molecule has 2 fully saturated rings. The standard InChI is InChI=1S/C65H75N9O6S/c1-43-59(81-42-70-43)49-29-27-45(28-30-49)38-68-63(79)53-37-52(76)40-72(53)64(80)60(65(2,3)4)71-55(78)26-15-14-25-54(77)67-35-16-6-5-9-18-44-19-17-20-46(36-44)39-73-58(48-23-12-8-13-24-48)56(47-21-10-7-11-22-47)57-61(66)74(41-69-62(57)73)50-31-33-51(75)34-32-50/h7-8,10-13,17,19-24,27-30,36,41-42,50-53,60,66,75-76H,5-6,14-16,25-26,31-35,37-40H2,1-4H3,(H,67,77)(H,68,79)(H,71,78)/t50?,51?,52-,53+,60-/m1/s1. The Hall–Kier alpha value is -7.71. The number of amides is 4. The van der Waals surface area contributed by atoms with E-state index in [2.05, 4.69) is 73.7 Å². The third kappa shape index (κ3) is 14.4. The molecule has 4 aromatic carbocycles. The van der Waals surface area contributed by atoms with E-state index in [-0.39, 0.29) is 62.2 Å². The van der Waals surface area contributed by atoms with E-state index < -0.39 is 29.5 Å². The summed E-state index contributed by atoms with van der Waals surface area (Å²) in [5.74, 6) is 5.50. The molecule has 1 saturated carbocycles. The lowest BCUT2D eigenvalue weighted by atomic mass is 9.85. The van der Waals surface area contributed by atoms with Crippen LogP contribution in [0.2, 0.25) is 0 Å². The Bertz CT molecular complexity index is 3440. The van der Waals surface area contributed by atoms with Crippen molar-refractivity contribution in [2.75, 3.05) is 13.1 Å². The second-order valence-corrected chi connectivity index (χ2v) is 23.5. The van der Waals surface area contributed by atoms with Crippen molar-refractivity contribution in [1.82, 2.24) is 40.0 Å². The topological polar surface area (TPSA) is 208 Å². The molecule has 1 aliphatic heterocycles. The van der Waals surface area contributed by atoms with Crippen molar-refractivity contribution in [1.29, 1.82) is 5.41 Å². The highest BCUT2D eigenvalue weighted by atomic mass is 32.1. The van der Waals surface area contributed by atoms with Crippen LogP contribution in [0.1, 0.15) is 126 Å². The van der Waals surface area contributed by atoms with Crippen LogP contribution in [-0.2, 0) is 32.3 Å². The van der Waals surface area contributed by atoms with E-state index >= 15 is 0 Å². The molecular formula is C65H75N9O6S. The van der Waals surface area contributed by atoms with Gasteiger partial charge in [-0.3, -0.25) is 24.6 Å². The van der Waals surface area contributed by atoms with Gasteiger partial charge in [-0.2, -0.15) is 0 Å². The zero-order valence-corrected chi connectivity index (χ0v) is 47.7. The van der Waals surface area contributed by atoms with E-state index in [9.17, 15) is 34.8 Å². The van der Waals surface area contributed by atoms with Crippen LogP contribution < -0.4 is 21.4 Å². The first-order valence-electron chi connectivity index (χ1n) is 28.5. The number of nitrogens with one attached hydrogen (secondary N) is 4. The van der Waals surface area contributed by atoms with Crippen molar-refractivity contribution in [2.24, 2.45) is 5.41 Å². The van der Waals surface area contributed by atoms with Crippen LogP contribution in [0.4, 0.5) is 0 Å². The second-order valence-electron chi connectivity index (χ2n) is 22.7. The van der Waals surface area contributed by atoms with Crippen molar-refractivity contribution in [3.05, 3.63) is 149 Å². The molecule has 81 heavy (non-hydrogen) atoms. The minimum absolute atomic E-state index is 0.00906. The minimum Gasteiger partial charge on any atom is -0.393 e. The van der Waals surface area contributed by atoms with Crippen molar-refractivity contribution in [3.8, 4) is 44.7 Å². The van der Waals surface area contributed by atoms with E-state index in [1.807, 2.05) is 117 Å². The summed E-state index contributed by atoms with van der Waals surface area (Å²) in [6, 6.07) is 35.0. The summed E-state index contributed by atoms with van der Waals surface area (Å²) < 4.78 is 4.24. The molecule has 16 heteroatoms. The first kappa shape index (κ1) is 58.0. The number of benzene rings is 4. The third-order valence-corrected chi connectivity index (χ3v) is 16.5. The Balaban J connectivity index is 0.730. The number of hydrogen-bond donors (Lipinski definition) is 6. The molecule has 15 nitrogen and oxygen atoms in total. The minimum atomic E-state index is -0.930. The van der Waals surface area contributed by atoms with Crippen LogP contribution in [0.25, 0.3) is 43.9 Å². The molecule has 6 N–H and O–H groups in total. The quantitative estimate of drug-likeness (QED) is 0.0319. The number of aliphatic hydroxyl groups excluding tert-OH is 2. The maximum absolute atomic E-state index is 14.1. The Kier molecular flexibility index (Phi) is 19.1. The summed E-state index contributed by atoms with van der Waals surface area (Å²) in [6.45, 7) is 8.82. The molecule has 0 unspecified atom stereocenters. The van der Waals surface area contributed by atoms with Crippen LogP contribution in [-0.4, -0.2) is 95.2 Å². The molecule has 7 aromatic rings. The van der Waals surface area contributed by atoms with Gasteiger partial charge in [0.25, 0.3) is 0 Å². The number of rotatable bonds is 20. The van der Waals surface area contributed by atoms with E-state index in [1.54, 1.807) is 11.3 Å². The largest absolute Gasteiger partial charge is 0.393 e. The number of aliphatic hydroxyl groups is 2. The van der Waals surface area contributed by atoms with Gasteiger partial charge >= 0.3 is 0 Å². The average molecular weight is 1110 g/mol. The lowest BCUT2D eigenvalue weighted by Crippen LogP contribution is -2.57. The van der Waals surface area contributed by atoms with Gasteiger partial charge in [-0.1, -0.05) is 130 Å². The molecule has 0 bridgehead atoms. The zero-order chi connectivity index (χ0) is 57.0. The van der Waals surface area contributed by atoms with E-state index in [1.165, 1.54) is 4.90 Å². The number of nitrogens with zero attached hydrogens (tertiary/aromatic N) is 5. The van der Waals surface area contributed by atoms with Gasteiger partial charge in [-0.15, -0.1) is 11.3 Å². The van der Waals surface area contributed by atoms with Crippen LogP contribution in [0, 0.1) is 29.6 Å². The lowest BCUT2D eigenvalue weighted by molar-refractivity contribution is -0.144. The fourth-order valence-corrected chi connectivity index (χ4v) is 12.0. The molecule has 0 spiro atoms. The number of thiazole rings is 1. The summed E-state index contributed by atoms with van der Waals surface area (Å²) in [7, 11) is 0. The number of hydrogen-bond acceptors (Lipinski definition) is 10. The summed E-state index contributed by atoms with van der Waals surface area (Å²) in [5.41, 5.74) is 11.2. The normalized spacial score (nSPS) is 17.5. The van der Waals surface area contributed by atoms with Gasteiger partial charge in [0.1, 0.15) is 23.2 Å². The van der Waals surface area contributed by atoms with Gasteiger partial charge in [0, 0.05) is 69.0 Å². The predicted molar refractivity (Wildman–Crippen MR) is 317 cm³/mol. The smallest absolute Gasteiger partial charge is 0.246 e. The zero-order valence-electron chi connectivity index (χ0n) is 46.9. The molecule has 3 aromatic heterocycles. The molecule has 4 amide bonds. The lowest BCUT2D eigenvalue weighted by Gasteiger charge is -2.35. The maximum Gasteiger partial charge on any atom is 0.246 e. The first-order chi connectivity index (χ1) is 39.1. The van der Waals surface area contributed by atoms with E-state index in [0.29, 0.717) is 50.7 Å². The summed E-state index contributed by atoms with van der Waals surface area (Å²) in [4.78, 5) is 65.6. The van der Waals surface area contributed by atoms with E-state index in [4.69, 9.17) is 4.98 Å². The van der Waals surface area contributed by atoms with Gasteiger partial charge in [0.2, 0.25) is 23.6 Å². The van der Waals surface area contributed by atoms with Crippen LogP contribution in [0.15, 0.2) is 121 Å². The number of fused-ring (bicyclic) bond motifs is 1. The number of aryl methyl sites for hydroxylation is 1. The molecule has 2 aliphatic rings. The van der Waals surface area contributed by atoms with Crippen LogP contribution in [0.5, 0.6) is 0 Å². The number of aromatic nitrogens is 4. The highest BCUT2D eigenvalue weighted by Gasteiger charge is 2.44. The van der Waals surface area contributed by atoms with Crippen molar-refractivity contribution in [2.45, 2.75) is 148 Å². The fraction of sp³-hybridized carbons (Fsp3) is 0.400. The highest BCUT2D eigenvalue weighted by Crippen LogP contribution is 2.40. The maximum atomic E-state index is 14.1. The number of unbranched alkanes of at least 4 members (excludes halogenated alkanes) is 3. The Morgan fingerprint density at radius 3 is 2.17 bits per heavy atom. The molecule has 0 radical (unpaired) electrons. The summed E-state index contributed by atoms with van der Waals surface area (Å²) in [5, 5.41) is 40.3. The van der Waals surface area contributed by atoms with Gasteiger partial charge in [0.15, 0.2) is 0 Å². The SMILES string of the molecule is Cc1ncsc1-c1ccc(CNC(=O)[C@@H]2C[C@@H](O)CN2C(=O)[C@@H](NC(=O)CCCCC(=O)NCCCCC#Cc2cccc(Cn3c(-c4ccccc4)c(-c4ccccc4)c4c(=N)n(C5CCC(O)CC5)cnc43)c2)C(C)(C)C)cc1. The number of carbonyl (C=O) groups is 4. The van der Waals surface area contributed by atoms with Crippen molar-refractivity contribution >= 4 is 46.0 Å². The van der Waals surface area contributed by atoms with Crippen molar-refractivity contribution in [3.63, 3.8) is 0 Å². The number of β-amino-alcohol motifs (C(OH)–C–C–N with tert-alkyl or cyclic N) is 1. The average Bonchev–Trinajstić information content (AvgIpc) is 4.04. The molecule has 3 atom stereocenters. The molecule has 422 valence electrons. The number of likely N-dealkylation sites (tertiary alicyclic amines) is 1. The van der Waals surface area contributed by atoms with Gasteiger partial charge in [0.05, 0.1) is 45.7 Å². The van der Waals surface area contributed by atoms with Crippen LogP contribution in [0.3, 0.4) is 0 Å². The van der Waals surface area contributed by atoms with E-state index in [0.717, 1.165) is 91.9 Å². The summed E-state index contributed by atoms with van der Waals surface area (Å²) in [6.07, 6.45) is 7.39. The fourth-order valence-electron chi connectivity index (χ4n) is 11.2. The number of carbonyl (C=O) groups excluding carboxylic acids is 4. The second kappa shape index (κ2) is 26.7. The predicted octanol–water partition coefficient (Wildman–Crippen LogP) is 9.61. The molecular weight excluding hydrogens is 1030 g/mol. The summed E-state index contributed by atoms with van der Waals surface area (Å²) >= 11 is 1.57. The third-order valence-electron chi connectivity index (χ3n) is 15.5. The van der Waals surface area contributed by atoms with Gasteiger partial charge < -0.3 is 40.2 Å². The van der Waals surface area contributed by atoms with Gasteiger partial charge in [-0.25, -0.2) is 9.97 Å². The Morgan fingerprint density at radius 2 is 1.48 bits per heavy atom. The molecule has 9 rings (SSSR count). The first-order valence-corrected chi connectivity index (χ1v) is 29.4. The van der Waals surface area contributed by atoms with Gasteiger partial charge in [-0.05, 0) is 104 Å². The molecule has 1 saturated heterocycles. The Morgan fingerprint density at radius 1 is 0.778 bits per heavy atom. The highest BCUT2D eigenvalue weighted by molar-refractivity contribution is 7.13. The Labute approximate surface area is 478 Å². The molecule has 4 heterocycles. The molecule has 1 aliphatic carbocycles. The van der Waals surface area contributed by atoms with Crippen molar-refractivity contribution < 1.29 is 29.4 Å².